The maximum Gasteiger partial charge on any atom is 0.338 e. The number of amidine groups is 1. The van der Waals surface area contributed by atoms with Crippen molar-refractivity contribution in [2.24, 2.45) is 4.99 Å². The molecule has 1 saturated heterocycles. The maximum atomic E-state index is 13.3. The van der Waals surface area contributed by atoms with Gasteiger partial charge in [-0.1, -0.05) is 42.1 Å². The van der Waals surface area contributed by atoms with E-state index in [4.69, 9.17) is 9.47 Å². The fourth-order valence-corrected chi connectivity index (χ4v) is 4.98. The smallest absolute Gasteiger partial charge is 0.338 e. The Labute approximate surface area is 236 Å². The van der Waals surface area contributed by atoms with Crippen molar-refractivity contribution >= 4 is 52.1 Å². The molecule has 10 heteroatoms. The largest absolute Gasteiger partial charge is 0.462 e. The predicted octanol–water partition coefficient (Wildman–Crippen LogP) is 5.20. The highest BCUT2D eigenvalue weighted by Crippen LogP contribution is 2.31. The molecule has 206 valence electrons. The van der Waals surface area contributed by atoms with Gasteiger partial charge in [0.1, 0.15) is 5.25 Å². The molecule has 3 aromatic rings. The molecule has 9 nitrogen and oxygen atoms in total. The topological polar surface area (TPSA) is 114 Å². The molecule has 1 aliphatic heterocycles. The molecule has 1 heterocycles. The van der Waals surface area contributed by atoms with Crippen LogP contribution in [0.2, 0.25) is 0 Å². The summed E-state index contributed by atoms with van der Waals surface area (Å²) in [6, 6.07) is 22.4. The number of rotatable bonds is 9. The molecule has 0 spiro atoms. The van der Waals surface area contributed by atoms with E-state index < -0.39 is 17.2 Å². The number of thioether (sulfide) groups is 1. The van der Waals surface area contributed by atoms with Gasteiger partial charge in [-0.05, 0) is 67.9 Å². The summed E-state index contributed by atoms with van der Waals surface area (Å²) in [5.41, 5.74) is 2.71. The van der Waals surface area contributed by atoms with E-state index in [-0.39, 0.29) is 31.4 Å². The van der Waals surface area contributed by atoms with Crippen molar-refractivity contribution in [2.45, 2.75) is 32.1 Å². The summed E-state index contributed by atoms with van der Waals surface area (Å²) in [5.74, 6) is -1.46. The lowest BCUT2D eigenvalue weighted by atomic mass is 10.2. The number of nitrogens with zero attached hydrogens (tertiary/aromatic N) is 2. The van der Waals surface area contributed by atoms with Gasteiger partial charge in [-0.15, -0.1) is 0 Å². The summed E-state index contributed by atoms with van der Waals surface area (Å²) in [5, 5.41) is 2.48. The molecule has 3 aromatic carbocycles. The third-order valence-electron chi connectivity index (χ3n) is 5.88. The van der Waals surface area contributed by atoms with Crippen molar-refractivity contribution < 1.29 is 28.7 Å². The molecule has 0 radical (unpaired) electrons. The molecule has 1 N–H and O–H groups in total. The minimum Gasteiger partial charge on any atom is -0.462 e. The van der Waals surface area contributed by atoms with Gasteiger partial charge in [-0.2, -0.15) is 0 Å². The Bertz CT molecular complexity index is 1390. The molecule has 1 fully saturated rings. The average molecular weight is 560 g/mol. The zero-order chi connectivity index (χ0) is 28.5. The van der Waals surface area contributed by atoms with Crippen molar-refractivity contribution in [3.63, 3.8) is 0 Å². The van der Waals surface area contributed by atoms with E-state index in [1.165, 1.54) is 11.8 Å². The van der Waals surface area contributed by atoms with Gasteiger partial charge in [0, 0.05) is 12.1 Å². The third-order valence-corrected chi connectivity index (χ3v) is 7.07. The fraction of sp³-hybridized carbons (Fsp3) is 0.233. The maximum absolute atomic E-state index is 13.3. The molecule has 4 rings (SSSR count). The Morgan fingerprint density at radius 3 is 2.02 bits per heavy atom. The predicted molar refractivity (Wildman–Crippen MR) is 154 cm³/mol. The van der Waals surface area contributed by atoms with Crippen LogP contribution in [0.4, 0.5) is 11.4 Å². The lowest BCUT2D eigenvalue weighted by Gasteiger charge is -2.32. The summed E-state index contributed by atoms with van der Waals surface area (Å²) in [7, 11) is 0. The Kier molecular flexibility index (Phi) is 9.69. The highest BCUT2D eigenvalue weighted by Gasteiger charge is 2.36. The first-order valence-corrected chi connectivity index (χ1v) is 13.7. The highest BCUT2D eigenvalue weighted by atomic mass is 32.2. The van der Waals surface area contributed by atoms with Gasteiger partial charge < -0.3 is 14.8 Å². The van der Waals surface area contributed by atoms with Crippen LogP contribution in [0.15, 0.2) is 83.9 Å². The van der Waals surface area contributed by atoms with Crippen LogP contribution in [0.5, 0.6) is 0 Å². The standard InChI is InChI=1S/C30H29N3O6S/c1-3-38-28(36)21-10-14-23(15-11-21)31-27(35)25-18-26(34)33(19-20-8-6-5-7-9-20)30(40-25)32-24-16-12-22(13-17-24)29(37)39-4-2/h5-17,25H,3-4,18-19H2,1-2H3,(H,31,35)/t25-/m0/s1. The van der Waals surface area contributed by atoms with Gasteiger partial charge >= 0.3 is 11.9 Å². The molecule has 40 heavy (non-hydrogen) atoms. The summed E-state index contributed by atoms with van der Waals surface area (Å²) >= 11 is 1.20. The van der Waals surface area contributed by atoms with E-state index >= 15 is 0 Å². The van der Waals surface area contributed by atoms with Crippen molar-refractivity contribution in [1.82, 2.24) is 4.90 Å². The van der Waals surface area contributed by atoms with Gasteiger partial charge in [0.25, 0.3) is 0 Å². The van der Waals surface area contributed by atoms with E-state index in [0.29, 0.717) is 34.2 Å². The second-order valence-corrected chi connectivity index (χ2v) is 9.89. The number of hydrogen-bond acceptors (Lipinski definition) is 8. The van der Waals surface area contributed by atoms with Crippen molar-refractivity contribution in [1.29, 1.82) is 0 Å². The SMILES string of the molecule is CCOC(=O)c1ccc(N=C2S[C@H](C(=O)Nc3ccc(C(=O)OCC)cc3)CC(=O)N2Cc2ccccc2)cc1. The molecular formula is C30H29N3O6S. The molecule has 1 atom stereocenters. The van der Waals surface area contributed by atoms with E-state index in [2.05, 4.69) is 10.3 Å². The number of ether oxygens (including phenoxy) is 2. The van der Waals surface area contributed by atoms with Crippen LogP contribution in [-0.2, 0) is 25.6 Å². The molecule has 1 aliphatic rings. The first-order valence-electron chi connectivity index (χ1n) is 12.8. The number of esters is 2. The quantitative estimate of drug-likeness (QED) is 0.359. The third kappa shape index (κ3) is 7.35. The summed E-state index contributed by atoms with van der Waals surface area (Å²) < 4.78 is 10.0. The van der Waals surface area contributed by atoms with Crippen molar-refractivity contribution in [3.8, 4) is 0 Å². The van der Waals surface area contributed by atoms with Crippen LogP contribution in [0.3, 0.4) is 0 Å². The Hall–Kier alpha value is -4.44. The number of amides is 2. The van der Waals surface area contributed by atoms with Crippen molar-refractivity contribution in [3.05, 3.63) is 95.6 Å². The molecule has 2 amide bonds. The fourth-order valence-electron chi connectivity index (χ4n) is 3.89. The lowest BCUT2D eigenvalue weighted by Crippen LogP contribution is -2.44. The van der Waals surface area contributed by atoms with Crippen LogP contribution < -0.4 is 5.32 Å². The summed E-state index contributed by atoms with van der Waals surface area (Å²) in [4.78, 5) is 56.6. The van der Waals surface area contributed by atoms with Crippen LogP contribution in [-0.4, -0.2) is 52.3 Å². The number of aliphatic imine (C=N–C) groups is 1. The number of benzene rings is 3. The second kappa shape index (κ2) is 13.6. The number of carbonyl (C=O) groups is 4. The number of nitrogens with one attached hydrogen (secondary N) is 1. The molecule has 0 aromatic heterocycles. The van der Waals surface area contributed by atoms with Crippen LogP contribution in [0.25, 0.3) is 0 Å². The van der Waals surface area contributed by atoms with Crippen molar-refractivity contribution in [2.75, 3.05) is 18.5 Å². The first kappa shape index (κ1) is 28.6. The van der Waals surface area contributed by atoms with Gasteiger partial charge in [0.15, 0.2) is 5.17 Å². The Balaban J connectivity index is 1.54. The lowest BCUT2D eigenvalue weighted by molar-refractivity contribution is -0.129. The molecular weight excluding hydrogens is 530 g/mol. The first-order chi connectivity index (χ1) is 19.4. The van der Waals surface area contributed by atoms with E-state index in [0.717, 1.165) is 5.56 Å². The Morgan fingerprint density at radius 2 is 1.45 bits per heavy atom. The summed E-state index contributed by atoms with van der Waals surface area (Å²) in [6.45, 7) is 4.31. The van der Waals surface area contributed by atoms with E-state index in [1.54, 1.807) is 67.3 Å². The van der Waals surface area contributed by atoms with Gasteiger partial charge in [-0.25, -0.2) is 14.6 Å². The normalized spacial score (nSPS) is 15.9. The minimum absolute atomic E-state index is 0.00887. The minimum atomic E-state index is -0.721. The second-order valence-electron chi connectivity index (χ2n) is 8.72. The number of hydrogen-bond donors (Lipinski definition) is 1. The average Bonchev–Trinajstić information content (AvgIpc) is 2.96. The zero-order valence-electron chi connectivity index (χ0n) is 22.2. The zero-order valence-corrected chi connectivity index (χ0v) is 23.0. The van der Waals surface area contributed by atoms with Gasteiger partial charge in [0.05, 0.1) is 36.6 Å². The molecule has 0 aliphatic carbocycles. The molecule has 0 unspecified atom stereocenters. The van der Waals surface area contributed by atoms with E-state index in [9.17, 15) is 19.2 Å². The number of carbonyl (C=O) groups excluding carboxylic acids is 4. The molecule has 0 bridgehead atoms. The number of anilines is 1. The van der Waals surface area contributed by atoms with Gasteiger partial charge in [0.2, 0.25) is 11.8 Å². The molecule has 0 saturated carbocycles. The van der Waals surface area contributed by atoms with Crippen LogP contribution in [0.1, 0.15) is 46.5 Å². The van der Waals surface area contributed by atoms with Gasteiger partial charge in [-0.3, -0.25) is 14.5 Å². The highest BCUT2D eigenvalue weighted by molar-refractivity contribution is 8.15. The van der Waals surface area contributed by atoms with E-state index in [1.807, 2.05) is 30.3 Å². The Morgan fingerprint density at radius 1 is 0.875 bits per heavy atom. The summed E-state index contributed by atoms with van der Waals surface area (Å²) in [6.07, 6.45) is -0.00887. The monoisotopic (exact) mass is 559 g/mol. The van der Waals surface area contributed by atoms with Crippen LogP contribution in [0, 0.1) is 0 Å². The van der Waals surface area contributed by atoms with Crippen LogP contribution >= 0.6 is 11.8 Å².